The number of hydrogen-bond donors (Lipinski definition) is 3. The number of halogens is 1. The second-order valence-electron chi connectivity index (χ2n) is 7.78. The van der Waals surface area contributed by atoms with Crippen molar-refractivity contribution in [1.29, 1.82) is 0 Å². The molecule has 0 radical (unpaired) electrons. The molecular formula is C18H23ClN4O4S. The van der Waals surface area contributed by atoms with Crippen LogP contribution in [0, 0.1) is 0 Å². The highest BCUT2D eigenvalue weighted by molar-refractivity contribution is 7.17. The first-order valence-electron chi connectivity index (χ1n) is 8.66. The van der Waals surface area contributed by atoms with Gasteiger partial charge in [0.15, 0.2) is 5.69 Å². The molecule has 3 heterocycles. The number of primary amides is 1. The van der Waals surface area contributed by atoms with Crippen molar-refractivity contribution in [3.8, 4) is 0 Å². The molecule has 0 spiro atoms. The summed E-state index contributed by atoms with van der Waals surface area (Å²) in [7, 11) is 1.51. The van der Waals surface area contributed by atoms with E-state index in [1.54, 1.807) is 0 Å². The van der Waals surface area contributed by atoms with Crippen molar-refractivity contribution >= 4 is 39.8 Å². The van der Waals surface area contributed by atoms with Crippen LogP contribution in [0.3, 0.4) is 0 Å². The van der Waals surface area contributed by atoms with Gasteiger partial charge in [-0.25, -0.2) is 0 Å². The highest BCUT2D eigenvalue weighted by atomic mass is 35.5. The number of carbonyl (C=O) groups is 2. The smallest absolute Gasteiger partial charge is 0.278 e. The molecule has 3 rings (SSSR count). The summed E-state index contributed by atoms with van der Waals surface area (Å²) in [6, 6.07) is 0. The van der Waals surface area contributed by atoms with Gasteiger partial charge in [-0.1, -0.05) is 11.6 Å². The average Bonchev–Trinajstić information content (AvgIpc) is 3.07. The average molecular weight is 427 g/mol. The largest absolute Gasteiger partial charge is 0.378 e. The van der Waals surface area contributed by atoms with Crippen LogP contribution in [0.2, 0.25) is 5.02 Å². The first kappa shape index (κ1) is 20.8. The predicted octanol–water partition coefficient (Wildman–Crippen LogP) is 3.21. The Balaban J connectivity index is 2.01. The SMILES string of the molecule is COCc1[nH]nc(C(=O)Nc2sc3c(c2C(N)=O)CC(C)(C)OC3(C)C)c1Cl. The van der Waals surface area contributed by atoms with Gasteiger partial charge in [0.05, 0.1) is 34.1 Å². The molecule has 2 amide bonds. The molecule has 2 aromatic heterocycles. The number of carbonyl (C=O) groups excluding carboxylic acids is 2. The van der Waals surface area contributed by atoms with Crippen molar-refractivity contribution < 1.29 is 19.1 Å². The zero-order chi connectivity index (χ0) is 20.9. The molecule has 0 aliphatic carbocycles. The molecule has 0 aromatic carbocycles. The predicted molar refractivity (Wildman–Crippen MR) is 107 cm³/mol. The second-order valence-corrected chi connectivity index (χ2v) is 9.18. The van der Waals surface area contributed by atoms with E-state index < -0.39 is 23.0 Å². The highest BCUT2D eigenvalue weighted by Crippen LogP contribution is 2.48. The number of H-pyrrole nitrogens is 1. The number of hydrogen-bond acceptors (Lipinski definition) is 6. The van der Waals surface area contributed by atoms with E-state index in [0.717, 1.165) is 10.4 Å². The summed E-state index contributed by atoms with van der Waals surface area (Å²) in [6.07, 6.45) is 0.511. The van der Waals surface area contributed by atoms with Gasteiger partial charge in [0.2, 0.25) is 0 Å². The monoisotopic (exact) mass is 426 g/mol. The summed E-state index contributed by atoms with van der Waals surface area (Å²) in [5.41, 5.74) is 6.20. The van der Waals surface area contributed by atoms with E-state index in [2.05, 4.69) is 15.5 Å². The molecule has 10 heteroatoms. The van der Waals surface area contributed by atoms with Crippen LogP contribution >= 0.6 is 22.9 Å². The van der Waals surface area contributed by atoms with Gasteiger partial charge in [0, 0.05) is 18.4 Å². The van der Waals surface area contributed by atoms with Crippen molar-refractivity contribution in [2.45, 2.75) is 51.9 Å². The molecule has 0 bridgehead atoms. The molecule has 28 heavy (non-hydrogen) atoms. The first-order chi connectivity index (χ1) is 13.0. The van der Waals surface area contributed by atoms with Gasteiger partial charge in [-0.2, -0.15) is 5.10 Å². The maximum absolute atomic E-state index is 12.7. The van der Waals surface area contributed by atoms with Crippen LogP contribution in [0.5, 0.6) is 0 Å². The molecule has 0 fully saturated rings. The number of nitrogens with two attached hydrogens (primary N) is 1. The van der Waals surface area contributed by atoms with Crippen molar-refractivity contribution in [2.24, 2.45) is 5.73 Å². The summed E-state index contributed by atoms with van der Waals surface area (Å²) >= 11 is 7.49. The lowest BCUT2D eigenvalue weighted by atomic mass is 9.86. The van der Waals surface area contributed by atoms with E-state index in [9.17, 15) is 9.59 Å². The topological polar surface area (TPSA) is 119 Å². The van der Waals surface area contributed by atoms with Crippen LogP contribution in [0.4, 0.5) is 5.00 Å². The molecule has 1 aliphatic heterocycles. The number of thiophene rings is 1. The number of anilines is 1. The lowest BCUT2D eigenvalue weighted by Crippen LogP contribution is -2.42. The van der Waals surface area contributed by atoms with Gasteiger partial charge >= 0.3 is 0 Å². The Morgan fingerprint density at radius 3 is 2.68 bits per heavy atom. The second kappa shape index (κ2) is 7.14. The standard InChI is InChI=1S/C18H23ClN4O4S/c1-17(2)6-8-10(14(20)24)16(28-13(8)18(3,4)27-17)21-15(25)12-11(19)9(7-26-5)22-23-12/h6-7H2,1-5H3,(H2,20,24)(H,21,25)(H,22,23). The molecule has 8 nitrogen and oxygen atoms in total. The van der Waals surface area contributed by atoms with Crippen LogP contribution in [-0.4, -0.2) is 34.7 Å². The lowest BCUT2D eigenvalue weighted by molar-refractivity contribution is -0.135. The number of nitrogens with one attached hydrogen (secondary N) is 2. The Morgan fingerprint density at radius 1 is 1.39 bits per heavy atom. The van der Waals surface area contributed by atoms with Crippen molar-refractivity contribution in [3.05, 3.63) is 32.4 Å². The van der Waals surface area contributed by atoms with E-state index in [-0.39, 0.29) is 17.3 Å². The third-order valence-electron chi connectivity index (χ3n) is 4.44. The molecule has 1 aliphatic rings. The minimum absolute atomic E-state index is 0.0198. The minimum Gasteiger partial charge on any atom is -0.378 e. The highest BCUT2D eigenvalue weighted by Gasteiger charge is 2.43. The summed E-state index contributed by atoms with van der Waals surface area (Å²) in [5, 5.41) is 9.91. The van der Waals surface area contributed by atoms with Crippen LogP contribution in [0.25, 0.3) is 0 Å². The van der Waals surface area contributed by atoms with Gasteiger partial charge in [-0.3, -0.25) is 14.7 Å². The van der Waals surface area contributed by atoms with E-state index >= 15 is 0 Å². The molecule has 152 valence electrons. The lowest BCUT2D eigenvalue weighted by Gasteiger charge is -2.41. The minimum atomic E-state index is -0.620. The Kier molecular flexibility index (Phi) is 5.30. The Hall–Kier alpha value is -1.94. The number of ether oxygens (including phenoxy) is 2. The van der Waals surface area contributed by atoms with E-state index in [1.807, 2.05) is 27.7 Å². The van der Waals surface area contributed by atoms with Gasteiger partial charge < -0.3 is 20.5 Å². The number of nitrogens with zero attached hydrogens (tertiary/aromatic N) is 1. The fourth-order valence-corrected chi connectivity index (χ4v) is 5.07. The molecule has 2 aromatic rings. The van der Waals surface area contributed by atoms with Crippen molar-refractivity contribution in [1.82, 2.24) is 10.2 Å². The number of aromatic nitrogens is 2. The van der Waals surface area contributed by atoms with E-state index in [0.29, 0.717) is 22.7 Å². The van der Waals surface area contributed by atoms with E-state index in [4.69, 9.17) is 26.8 Å². The zero-order valence-corrected chi connectivity index (χ0v) is 17.9. The maximum Gasteiger partial charge on any atom is 0.278 e. The van der Waals surface area contributed by atoms with Crippen LogP contribution in [0.1, 0.15) is 64.7 Å². The quantitative estimate of drug-likeness (QED) is 0.678. The molecule has 4 N–H and O–H groups in total. The van der Waals surface area contributed by atoms with Gasteiger partial charge in [0.1, 0.15) is 5.00 Å². The third-order valence-corrected chi connectivity index (χ3v) is 6.30. The maximum atomic E-state index is 12.7. The molecule has 0 unspecified atom stereocenters. The number of aromatic amines is 1. The van der Waals surface area contributed by atoms with E-state index in [1.165, 1.54) is 18.4 Å². The summed E-state index contributed by atoms with van der Waals surface area (Å²) < 4.78 is 11.2. The van der Waals surface area contributed by atoms with Crippen molar-refractivity contribution in [3.63, 3.8) is 0 Å². The fourth-order valence-electron chi connectivity index (χ4n) is 3.58. The Bertz CT molecular complexity index is 948. The summed E-state index contributed by atoms with van der Waals surface area (Å²) in [4.78, 5) is 25.8. The van der Waals surface area contributed by atoms with Gasteiger partial charge in [0.25, 0.3) is 11.8 Å². The Morgan fingerprint density at radius 2 is 2.07 bits per heavy atom. The number of rotatable bonds is 5. The molecule has 0 saturated carbocycles. The number of methoxy groups -OCH3 is 1. The van der Waals surface area contributed by atoms with Crippen LogP contribution in [0.15, 0.2) is 0 Å². The normalized spacial score (nSPS) is 17.2. The number of fused-ring (bicyclic) bond motifs is 1. The third kappa shape index (κ3) is 3.67. The summed E-state index contributed by atoms with van der Waals surface area (Å²) in [6.45, 7) is 7.97. The molecule has 0 saturated heterocycles. The number of amides is 2. The van der Waals surface area contributed by atoms with Crippen LogP contribution in [-0.2, 0) is 28.1 Å². The van der Waals surface area contributed by atoms with Crippen LogP contribution < -0.4 is 11.1 Å². The summed E-state index contributed by atoms with van der Waals surface area (Å²) in [5.74, 6) is -1.14. The zero-order valence-electron chi connectivity index (χ0n) is 16.4. The Labute approximate surface area is 171 Å². The molecule has 0 atom stereocenters. The van der Waals surface area contributed by atoms with Crippen molar-refractivity contribution in [2.75, 3.05) is 12.4 Å². The van der Waals surface area contributed by atoms with Gasteiger partial charge in [-0.05, 0) is 33.3 Å². The fraction of sp³-hybridized carbons (Fsp3) is 0.500. The first-order valence-corrected chi connectivity index (χ1v) is 9.85. The molecular weight excluding hydrogens is 404 g/mol. The van der Waals surface area contributed by atoms with Gasteiger partial charge in [-0.15, -0.1) is 11.3 Å².